The fourth-order valence-electron chi connectivity index (χ4n) is 1.51. The van der Waals surface area contributed by atoms with Crippen molar-refractivity contribution in [3.05, 3.63) is 24.3 Å². The number of hydrogen-bond acceptors (Lipinski definition) is 4. The van der Waals surface area contributed by atoms with E-state index in [0.29, 0.717) is 6.54 Å². The lowest BCUT2D eigenvalue weighted by atomic mass is 10.2. The van der Waals surface area contributed by atoms with Gasteiger partial charge in [0.15, 0.2) is 0 Å². The van der Waals surface area contributed by atoms with Gasteiger partial charge < -0.3 is 15.8 Å². The van der Waals surface area contributed by atoms with Crippen molar-refractivity contribution in [1.29, 1.82) is 0 Å². The van der Waals surface area contributed by atoms with E-state index in [9.17, 15) is 4.79 Å². The maximum absolute atomic E-state index is 11.8. The molecule has 1 rings (SSSR count). The number of carbonyl (C=O) groups is 1. The molecule has 6 heteroatoms. The van der Waals surface area contributed by atoms with Gasteiger partial charge in [-0.05, 0) is 24.0 Å². The van der Waals surface area contributed by atoms with Crippen molar-refractivity contribution in [2.75, 3.05) is 24.7 Å². The minimum absolute atomic E-state index is 0. The number of halogens is 1. The molecule has 3 N–H and O–H groups in total. The zero-order valence-corrected chi connectivity index (χ0v) is 12.9. The smallest absolute Gasteiger partial charge is 0.227 e. The summed E-state index contributed by atoms with van der Waals surface area (Å²) in [7, 11) is 1.56. The molecule has 19 heavy (non-hydrogen) atoms. The number of anilines is 1. The van der Waals surface area contributed by atoms with Crippen LogP contribution in [0.15, 0.2) is 29.2 Å². The highest BCUT2D eigenvalue weighted by Crippen LogP contribution is 2.21. The van der Waals surface area contributed by atoms with Crippen LogP contribution in [0.5, 0.6) is 0 Å². The van der Waals surface area contributed by atoms with E-state index in [4.69, 9.17) is 10.5 Å². The molecule has 0 saturated heterocycles. The lowest BCUT2D eigenvalue weighted by molar-refractivity contribution is -0.118. The normalized spacial score (nSPS) is 11.5. The highest BCUT2D eigenvalue weighted by atomic mass is 35.5. The summed E-state index contributed by atoms with van der Waals surface area (Å²) in [4.78, 5) is 12.9. The number of amides is 1. The number of carbonyl (C=O) groups excluding carboxylic acids is 1. The molecule has 0 aliphatic carbocycles. The first-order valence-electron chi connectivity index (χ1n) is 5.95. The van der Waals surface area contributed by atoms with Crippen molar-refractivity contribution >= 4 is 35.8 Å². The molecule has 0 aliphatic heterocycles. The Morgan fingerprint density at radius 1 is 1.53 bits per heavy atom. The summed E-state index contributed by atoms with van der Waals surface area (Å²) in [6.07, 6.45) is 0.0521. The number of nitrogens with one attached hydrogen (secondary N) is 1. The van der Waals surface area contributed by atoms with Crippen molar-refractivity contribution in [3.63, 3.8) is 0 Å². The number of hydrogen-bond donors (Lipinski definition) is 2. The van der Waals surface area contributed by atoms with Gasteiger partial charge in [0.05, 0.1) is 12.5 Å². The Morgan fingerprint density at radius 2 is 2.26 bits per heavy atom. The van der Waals surface area contributed by atoms with Gasteiger partial charge in [0.25, 0.3) is 0 Å². The van der Waals surface area contributed by atoms with Crippen LogP contribution in [-0.4, -0.2) is 31.4 Å². The summed E-state index contributed by atoms with van der Waals surface area (Å²) in [6.45, 7) is 2.44. The van der Waals surface area contributed by atoms with Crippen LogP contribution in [0.25, 0.3) is 0 Å². The van der Waals surface area contributed by atoms with Gasteiger partial charge in [0.1, 0.15) is 0 Å². The van der Waals surface area contributed by atoms with Crippen LogP contribution in [0, 0.1) is 0 Å². The zero-order chi connectivity index (χ0) is 13.4. The summed E-state index contributed by atoms with van der Waals surface area (Å²) < 4.78 is 5.08. The van der Waals surface area contributed by atoms with E-state index in [-0.39, 0.29) is 30.8 Å². The molecule has 0 saturated carbocycles. The molecule has 4 nitrogen and oxygen atoms in total. The molecule has 1 aromatic rings. The van der Waals surface area contributed by atoms with Crippen molar-refractivity contribution in [2.45, 2.75) is 24.3 Å². The monoisotopic (exact) mass is 304 g/mol. The second kappa shape index (κ2) is 10.1. The van der Waals surface area contributed by atoms with Crippen LogP contribution >= 0.6 is 24.2 Å². The maximum atomic E-state index is 11.8. The van der Waals surface area contributed by atoms with Gasteiger partial charge in [-0.3, -0.25) is 4.79 Å². The van der Waals surface area contributed by atoms with Gasteiger partial charge in [-0.1, -0.05) is 13.0 Å². The third-order valence-electron chi connectivity index (χ3n) is 2.44. The average molecular weight is 305 g/mol. The third kappa shape index (κ3) is 6.82. The Balaban J connectivity index is 0.00000324. The summed E-state index contributed by atoms with van der Waals surface area (Å²) in [5, 5.41) is 2.85. The predicted molar refractivity (Wildman–Crippen MR) is 83.2 cm³/mol. The molecule has 0 heterocycles. The zero-order valence-electron chi connectivity index (χ0n) is 11.2. The van der Waals surface area contributed by atoms with E-state index in [1.807, 2.05) is 24.3 Å². The molecular weight excluding hydrogens is 284 g/mol. The van der Waals surface area contributed by atoms with Gasteiger partial charge in [0.2, 0.25) is 5.91 Å². The van der Waals surface area contributed by atoms with Gasteiger partial charge >= 0.3 is 0 Å². The first-order chi connectivity index (χ1) is 8.69. The number of nitrogens with two attached hydrogens (primary N) is 1. The van der Waals surface area contributed by atoms with Crippen molar-refractivity contribution in [2.24, 2.45) is 5.73 Å². The summed E-state index contributed by atoms with van der Waals surface area (Å²) >= 11 is 1.74. The largest absolute Gasteiger partial charge is 0.380 e. The minimum atomic E-state index is -0.224. The van der Waals surface area contributed by atoms with E-state index in [1.165, 1.54) is 0 Å². The lowest BCUT2D eigenvalue weighted by Gasteiger charge is -2.13. The van der Waals surface area contributed by atoms with Crippen LogP contribution in [0.4, 0.5) is 5.69 Å². The van der Waals surface area contributed by atoms with Crippen LogP contribution in [-0.2, 0) is 9.53 Å². The molecule has 108 valence electrons. The Hall–Kier alpha value is -0.750. The Morgan fingerprint density at radius 3 is 2.84 bits per heavy atom. The SMILES string of the molecule is CCSc1cccc(NC(=O)CC(CN)OC)c1.Cl. The fourth-order valence-corrected chi connectivity index (χ4v) is 2.23. The van der Waals surface area contributed by atoms with Gasteiger partial charge in [0, 0.05) is 24.2 Å². The number of benzene rings is 1. The molecule has 1 atom stereocenters. The number of methoxy groups -OCH3 is 1. The molecule has 0 aliphatic rings. The van der Waals surface area contributed by atoms with E-state index in [0.717, 1.165) is 16.3 Å². The van der Waals surface area contributed by atoms with Gasteiger partial charge in [-0.15, -0.1) is 24.2 Å². The van der Waals surface area contributed by atoms with Crippen molar-refractivity contribution < 1.29 is 9.53 Å². The molecule has 1 amide bonds. The summed E-state index contributed by atoms with van der Waals surface area (Å²) in [6, 6.07) is 7.81. The molecule has 0 radical (unpaired) electrons. The van der Waals surface area contributed by atoms with E-state index >= 15 is 0 Å². The predicted octanol–water partition coefficient (Wildman–Crippen LogP) is 2.52. The molecule has 0 aromatic heterocycles. The summed E-state index contributed by atoms with van der Waals surface area (Å²) in [5.74, 6) is 0.932. The highest BCUT2D eigenvalue weighted by Gasteiger charge is 2.11. The molecule has 1 aromatic carbocycles. The summed E-state index contributed by atoms with van der Waals surface area (Å²) in [5.41, 5.74) is 6.29. The number of ether oxygens (including phenoxy) is 1. The Labute approximate surface area is 124 Å². The first kappa shape index (κ1) is 18.2. The van der Waals surface area contributed by atoms with Crippen LogP contribution in [0.3, 0.4) is 0 Å². The second-order valence-electron chi connectivity index (χ2n) is 3.81. The lowest BCUT2D eigenvalue weighted by Crippen LogP contribution is -2.28. The maximum Gasteiger partial charge on any atom is 0.227 e. The third-order valence-corrected chi connectivity index (χ3v) is 3.31. The van der Waals surface area contributed by atoms with Crippen molar-refractivity contribution in [1.82, 2.24) is 0 Å². The quantitative estimate of drug-likeness (QED) is 0.760. The molecule has 0 fully saturated rings. The van der Waals surface area contributed by atoms with Crippen LogP contribution in [0.2, 0.25) is 0 Å². The second-order valence-corrected chi connectivity index (χ2v) is 5.14. The fraction of sp³-hybridized carbons (Fsp3) is 0.462. The first-order valence-corrected chi connectivity index (χ1v) is 6.93. The average Bonchev–Trinajstić information content (AvgIpc) is 2.36. The molecular formula is C13H21ClN2O2S. The topological polar surface area (TPSA) is 64.4 Å². The van der Waals surface area contributed by atoms with Crippen molar-refractivity contribution in [3.8, 4) is 0 Å². The van der Waals surface area contributed by atoms with Crippen LogP contribution < -0.4 is 11.1 Å². The highest BCUT2D eigenvalue weighted by molar-refractivity contribution is 7.99. The minimum Gasteiger partial charge on any atom is -0.380 e. The molecule has 1 unspecified atom stereocenters. The Bertz CT molecular complexity index is 387. The molecule has 0 spiro atoms. The van der Waals surface area contributed by atoms with E-state index in [1.54, 1.807) is 18.9 Å². The number of rotatable bonds is 7. The molecule has 0 bridgehead atoms. The van der Waals surface area contributed by atoms with E-state index < -0.39 is 0 Å². The van der Waals surface area contributed by atoms with Gasteiger partial charge in [-0.25, -0.2) is 0 Å². The van der Waals surface area contributed by atoms with Gasteiger partial charge in [-0.2, -0.15) is 0 Å². The van der Waals surface area contributed by atoms with E-state index in [2.05, 4.69) is 12.2 Å². The standard InChI is InChI=1S/C13H20N2O2S.ClH/c1-3-18-12-6-4-5-10(7-12)15-13(16)8-11(9-14)17-2;/h4-7,11H,3,8-9,14H2,1-2H3,(H,15,16);1H. The Kier molecular flexibility index (Phi) is 9.69. The number of thioether (sulfide) groups is 1. The van der Waals surface area contributed by atoms with Crippen LogP contribution in [0.1, 0.15) is 13.3 Å².